The van der Waals surface area contributed by atoms with Crippen molar-refractivity contribution in [2.24, 2.45) is 0 Å². The Morgan fingerprint density at radius 3 is 2.93 bits per heavy atom. The SMILES string of the molecule is COCCn1c(C)cc2cc(NC(=O)c3cc4c([nH]c3=O)CCC4)ccc21. The second-order valence-electron chi connectivity index (χ2n) is 7.03. The molecular weight excluding hydrogens is 342 g/mol. The van der Waals surface area contributed by atoms with Crippen LogP contribution in [0.15, 0.2) is 35.1 Å². The minimum Gasteiger partial charge on any atom is -0.383 e. The lowest BCUT2D eigenvalue weighted by atomic mass is 10.1. The van der Waals surface area contributed by atoms with Crippen LogP contribution in [0.2, 0.25) is 0 Å². The van der Waals surface area contributed by atoms with Crippen molar-refractivity contribution < 1.29 is 9.53 Å². The van der Waals surface area contributed by atoms with Gasteiger partial charge in [-0.3, -0.25) is 9.59 Å². The summed E-state index contributed by atoms with van der Waals surface area (Å²) in [6, 6.07) is 9.61. The number of aryl methyl sites for hydroxylation is 3. The number of hydrogen-bond donors (Lipinski definition) is 2. The predicted octanol–water partition coefficient (Wildman–Crippen LogP) is 3.03. The Morgan fingerprint density at radius 1 is 1.26 bits per heavy atom. The number of anilines is 1. The third-order valence-corrected chi connectivity index (χ3v) is 5.22. The number of amides is 1. The van der Waals surface area contributed by atoms with Crippen LogP contribution in [0.25, 0.3) is 10.9 Å². The van der Waals surface area contributed by atoms with Gasteiger partial charge in [-0.05, 0) is 62.1 Å². The lowest BCUT2D eigenvalue weighted by Gasteiger charge is -2.09. The number of rotatable bonds is 5. The third-order valence-electron chi connectivity index (χ3n) is 5.22. The van der Waals surface area contributed by atoms with Crippen molar-refractivity contribution >= 4 is 22.5 Å². The smallest absolute Gasteiger partial charge is 0.261 e. The number of hydrogen-bond acceptors (Lipinski definition) is 3. The Balaban J connectivity index is 1.60. The van der Waals surface area contributed by atoms with E-state index in [1.165, 1.54) is 0 Å². The molecule has 1 aliphatic rings. The van der Waals surface area contributed by atoms with Gasteiger partial charge in [-0.25, -0.2) is 0 Å². The van der Waals surface area contributed by atoms with E-state index in [0.29, 0.717) is 12.3 Å². The fourth-order valence-corrected chi connectivity index (χ4v) is 3.85. The molecule has 0 radical (unpaired) electrons. The summed E-state index contributed by atoms with van der Waals surface area (Å²) in [5.41, 5.74) is 4.79. The largest absolute Gasteiger partial charge is 0.383 e. The first kappa shape index (κ1) is 17.5. The highest BCUT2D eigenvalue weighted by Gasteiger charge is 2.18. The van der Waals surface area contributed by atoms with Gasteiger partial charge < -0.3 is 19.6 Å². The summed E-state index contributed by atoms with van der Waals surface area (Å²) in [6.07, 6.45) is 2.81. The van der Waals surface area contributed by atoms with Crippen LogP contribution >= 0.6 is 0 Å². The minimum atomic E-state index is -0.374. The van der Waals surface area contributed by atoms with Crippen LogP contribution in [0.4, 0.5) is 5.69 Å². The predicted molar refractivity (Wildman–Crippen MR) is 106 cm³/mol. The van der Waals surface area contributed by atoms with Crippen LogP contribution in [0, 0.1) is 6.92 Å². The Morgan fingerprint density at radius 2 is 2.11 bits per heavy atom. The second kappa shape index (κ2) is 7.04. The molecule has 0 spiro atoms. The highest BCUT2D eigenvalue weighted by Crippen LogP contribution is 2.24. The lowest BCUT2D eigenvalue weighted by Crippen LogP contribution is -2.24. The molecule has 4 rings (SSSR count). The summed E-state index contributed by atoms with van der Waals surface area (Å²) in [5, 5.41) is 3.91. The van der Waals surface area contributed by atoms with Crippen LogP contribution in [0.1, 0.15) is 33.7 Å². The number of ether oxygens (including phenoxy) is 1. The fraction of sp³-hybridized carbons (Fsp3) is 0.333. The van der Waals surface area contributed by atoms with Crippen LogP contribution in [-0.4, -0.2) is 29.2 Å². The number of fused-ring (bicyclic) bond motifs is 2. The van der Waals surface area contributed by atoms with E-state index in [1.54, 1.807) is 13.2 Å². The first-order valence-corrected chi connectivity index (χ1v) is 9.22. The monoisotopic (exact) mass is 365 g/mol. The fourth-order valence-electron chi connectivity index (χ4n) is 3.85. The highest BCUT2D eigenvalue weighted by molar-refractivity contribution is 6.05. The molecule has 2 aromatic heterocycles. The third kappa shape index (κ3) is 3.28. The van der Waals surface area contributed by atoms with Crippen LogP contribution in [0.5, 0.6) is 0 Å². The Hall–Kier alpha value is -2.86. The summed E-state index contributed by atoms with van der Waals surface area (Å²) < 4.78 is 7.37. The molecule has 6 heteroatoms. The van der Waals surface area contributed by atoms with Crippen molar-refractivity contribution in [3.05, 3.63) is 63.2 Å². The van der Waals surface area contributed by atoms with Crippen molar-refractivity contribution in [3.63, 3.8) is 0 Å². The number of nitrogens with zero attached hydrogens (tertiary/aromatic N) is 1. The zero-order valence-corrected chi connectivity index (χ0v) is 15.6. The highest BCUT2D eigenvalue weighted by atomic mass is 16.5. The van der Waals surface area contributed by atoms with Gasteiger partial charge in [0.15, 0.2) is 0 Å². The summed E-state index contributed by atoms with van der Waals surface area (Å²) in [5.74, 6) is -0.374. The van der Waals surface area contributed by atoms with E-state index in [-0.39, 0.29) is 17.0 Å². The molecule has 0 aliphatic heterocycles. The van der Waals surface area contributed by atoms with E-state index < -0.39 is 0 Å². The summed E-state index contributed by atoms with van der Waals surface area (Å²) >= 11 is 0. The van der Waals surface area contributed by atoms with E-state index in [1.807, 2.05) is 18.2 Å². The molecule has 6 nitrogen and oxygen atoms in total. The summed E-state index contributed by atoms with van der Waals surface area (Å²) in [4.78, 5) is 27.7. The molecule has 0 unspecified atom stereocenters. The van der Waals surface area contributed by atoms with E-state index >= 15 is 0 Å². The number of pyridine rings is 1. The molecule has 1 aliphatic carbocycles. The maximum atomic E-state index is 12.6. The Bertz CT molecular complexity index is 1080. The molecule has 0 atom stereocenters. The molecule has 2 N–H and O–H groups in total. The van der Waals surface area contributed by atoms with E-state index in [2.05, 4.69) is 27.9 Å². The maximum Gasteiger partial charge on any atom is 0.261 e. The molecule has 0 saturated heterocycles. The van der Waals surface area contributed by atoms with E-state index in [4.69, 9.17) is 4.74 Å². The number of nitrogens with one attached hydrogen (secondary N) is 2. The Labute approximate surface area is 157 Å². The molecule has 0 bridgehead atoms. The van der Waals surface area contributed by atoms with Gasteiger partial charge in [0.2, 0.25) is 0 Å². The minimum absolute atomic E-state index is 0.171. The van der Waals surface area contributed by atoms with Gasteiger partial charge in [-0.15, -0.1) is 0 Å². The standard InChI is InChI=1S/C21H23N3O3/c1-13-10-15-11-16(6-7-19(15)24(13)8-9-27-2)22-20(25)17-12-14-4-3-5-18(14)23-21(17)26/h6-7,10-12H,3-5,8-9H2,1-2H3,(H,22,25)(H,23,26). The zero-order chi connectivity index (χ0) is 19.0. The molecule has 2 heterocycles. The summed E-state index contributed by atoms with van der Waals surface area (Å²) in [7, 11) is 1.69. The molecule has 27 heavy (non-hydrogen) atoms. The van der Waals surface area contributed by atoms with Crippen LogP contribution < -0.4 is 10.9 Å². The van der Waals surface area contributed by atoms with Crippen LogP contribution in [-0.2, 0) is 24.1 Å². The second-order valence-corrected chi connectivity index (χ2v) is 7.03. The molecule has 1 amide bonds. The lowest BCUT2D eigenvalue weighted by molar-refractivity contribution is 0.102. The van der Waals surface area contributed by atoms with Crippen molar-refractivity contribution in [2.75, 3.05) is 19.0 Å². The van der Waals surface area contributed by atoms with Gasteiger partial charge in [0, 0.05) is 41.6 Å². The van der Waals surface area contributed by atoms with Crippen molar-refractivity contribution in [3.8, 4) is 0 Å². The number of H-pyrrole nitrogens is 1. The Kier molecular flexibility index (Phi) is 4.58. The van der Waals surface area contributed by atoms with E-state index in [9.17, 15) is 9.59 Å². The molecule has 3 aromatic rings. The van der Waals surface area contributed by atoms with Gasteiger partial charge in [-0.2, -0.15) is 0 Å². The topological polar surface area (TPSA) is 76.1 Å². The first-order chi connectivity index (χ1) is 13.1. The number of benzene rings is 1. The molecule has 1 aromatic carbocycles. The quantitative estimate of drug-likeness (QED) is 0.730. The van der Waals surface area contributed by atoms with Crippen molar-refractivity contribution in [2.45, 2.75) is 32.7 Å². The van der Waals surface area contributed by atoms with Crippen molar-refractivity contribution in [1.82, 2.24) is 9.55 Å². The molecule has 0 fully saturated rings. The van der Waals surface area contributed by atoms with Gasteiger partial charge in [0.1, 0.15) is 5.56 Å². The van der Waals surface area contributed by atoms with E-state index in [0.717, 1.165) is 53.7 Å². The van der Waals surface area contributed by atoms with Gasteiger partial charge in [0.25, 0.3) is 11.5 Å². The molecular formula is C21H23N3O3. The normalized spacial score (nSPS) is 13.1. The number of carbonyl (C=O) groups is 1. The van der Waals surface area contributed by atoms with Gasteiger partial charge in [0.05, 0.1) is 6.61 Å². The number of carbonyl (C=O) groups excluding carboxylic acids is 1. The molecule has 0 saturated carbocycles. The van der Waals surface area contributed by atoms with Gasteiger partial charge in [-0.1, -0.05) is 0 Å². The number of aromatic nitrogens is 2. The van der Waals surface area contributed by atoms with Gasteiger partial charge >= 0.3 is 0 Å². The van der Waals surface area contributed by atoms with Crippen LogP contribution in [0.3, 0.4) is 0 Å². The first-order valence-electron chi connectivity index (χ1n) is 9.22. The maximum absolute atomic E-state index is 12.6. The van der Waals surface area contributed by atoms with Crippen molar-refractivity contribution in [1.29, 1.82) is 0 Å². The summed E-state index contributed by atoms with van der Waals surface area (Å²) in [6.45, 7) is 3.48. The molecule has 140 valence electrons. The zero-order valence-electron chi connectivity index (χ0n) is 15.6. The average molecular weight is 365 g/mol. The number of aromatic amines is 1. The average Bonchev–Trinajstić information content (AvgIpc) is 3.21. The number of methoxy groups -OCH3 is 1.